The van der Waals surface area contributed by atoms with E-state index >= 15 is 0 Å². The molecule has 1 N–H and O–H groups in total. The van der Waals surface area contributed by atoms with Crippen molar-refractivity contribution in [3.05, 3.63) is 51.9 Å². The van der Waals surface area contributed by atoms with E-state index in [0.29, 0.717) is 12.5 Å². The zero-order valence-corrected chi connectivity index (χ0v) is 21.4. The van der Waals surface area contributed by atoms with Gasteiger partial charge in [0.1, 0.15) is 18.4 Å². The molecular weight excluding hydrogens is 482 g/mol. The molecular formula is C25H34BrN5O2. The lowest BCUT2D eigenvalue weighted by atomic mass is 9.94. The standard InChI is InChI=1S/C25H34BrN5O2/c1-16(2)29(4)25(20(14-32)18-5-7-19(26)8-6-18)31-11-9-30(10-12-31)24-22-17(3)13-21(33)23(22)27-15-28-24/h5-8,14-17,20-21,25,33H,9-13H2,1-4H3/t17-,20?,21-,25?/m1/s1. The van der Waals surface area contributed by atoms with Gasteiger partial charge in [0.15, 0.2) is 0 Å². The summed E-state index contributed by atoms with van der Waals surface area (Å²) in [6.45, 7) is 9.78. The van der Waals surface area contributed by atoms with Crippen LogP contribution in [0.15, 0.2) is 35.1 Å². The van der Waals surface area contributed by atoms with E-state index < -0.39 is 6.10 Å². The highest BCUT2D eigenvalue weighted by Crippen LogP contribution is 2.43. The Kier molecular flexibility index (Phi) is 7.48. The molecule has 0 spiro atoms. The maximum Gasteiger partial charge on any atom is 0.135 e. The highest BCUT2D eigenvalue weighted by molar-refractivity contribution is 9.10. The number of carbonyl (C=O) groups excluding carboxylic acids is 1. The third-order valence-electron chi connectivity index (χ3n) is 7.22. The van der Waals surface area contributed by atoms with E-state index in [1.54, 1.807) is 6.33 Å². The summed E-state index contributed by atoms with van der Waals surface area (Å²) in [5, 5.41) is 10.4. The Morgan fingerprint density at radius 1 is 1.15 bits per heavy atom. The van der Waals surface area contributed by atoms with Crippen LogP contribution in [-0.4, -0.2) is 76.6 Å². The van der Waals surface area contributed by atoms with Gasteiger partial charge in [-0.1, -0.05) is 35.0 Å². The summed E-state index contributed by atoms with van der Waals surface area (Å²) in [6, 6.07) is 8.39. The molecule has 0 saturated carbocycles. The lowest BCUT2D eigenvalue weighted by Crippen LogP contribution is -2.59. The number of aldehydes is 1. The summed E-state index contributed by atoms with van der Waals surface area (Å²) >= 11 is 3.50. The van der Waals surface area contributed by atoms with E-state index in [0.717, 1.165) is 59.6 Å². The topological polar surface area (TPSA) is 72.8 Å². The maximum absolute atomic E-state index is 12.4. The van der Waals surface area contributed by atoms with Crippen LogP contribution < -0.4 is 4.90 Å². The molecule has 1 aliphatic heterocycles. The number of aromatic nitrogens is 2. The number of carbonyl (C=O) groups is 1. The van der Waals surface area contributed by atoms with E-state index in [2.05, 4.69) is 68.4 Å². The molecule has 1 saturated heterocycles. The average molecular weight is 516 g/mol. The second-order valence-corrected chi connectivity index (χ2v) is 10.5. The molecule has 1 aromatic carbocycles. The van der Waals surface area contributed by atoms with Gasteiger partial charge >= 0.3 is 0 Å². The lowest BCUT2D eigenvalue weighted by molar-refractivity contribution is -0.113. The van der Waals surface area contributed by atoms with E-state index in [4.69, 9.17) is 0 Å². The number of anilines is 1. The second kappa shape index (κ2) is 10.2. The molecule has 4 atom stereocenters. The first-order valence-electron chi connectivity index (χ1n) is 11.8. The van der Waals surface area contributed by atoms with Gasteiger partial charge in [-0.3, -0.25) is 9.80 Å². The highest BCUT2D eigenvalue weighted by Gasteiger charge is 2.37. The third kappa shape index (κ3) is 4.85. The van der Waals surface area contributed by atoms with Gasteiger partial charge in [0.05, 0.1) is 23.9 Å². The summed E-state index contributed by atoms with van der Waals surface area (Å²) < 4.78 is 1.01. The molecule has 0 bridgehead atoms. The summed E-state index contributed by atoms with van der Waals surface area (Å²) in [7, 11) is 2.11. The zero-order valence-electron chi connectivity index (χ0n) is 19.9. The van der Waals surface area contributed by atoms with Crippen molar-refractivity contribution in [2.24, 2.45) is 0 Å². The van der Waals surface area contributed by atoms with Gasteiger partial charge in [-0.15, -0.1) is 0 Å². The number of aliphatic hydroxyl groups excluding tert-OH is 1. The van der Waals surface area contributed by atoms with Crippen LogP contribution in [-0.2, 0) is 4.79 Å². The van der Waals surface area contributed by atoms with Crippen LogP contribution in [0, 0.1) is 0 Å². The molecule has 2 aromatic rings. The molecule has 1 aliphatic carbocycles. The van der Waals surface area contributed by atoms with Crippen LogP contribution in [0.25, 0.3) is 0 Å². The van der Waals surface area contributed by atoms with E-state index in [9.17, 15) is 9.90 Å². The van der Waals surface area contributed by atoms with Crippen LogP contribution in [0.1, 0.15) is 62.0 Å². The number of likely N-dealkylation sites (N-methyl/N-ethyl adjacent to an activating group) is 1. The first kappa shape index (κ1) is 24.3. The Balaban J connectivity index is 1.56. The van der Waals surface area contributed by atoms with Crippen molar-refractivity contribution in [3.63, 3.8) is 0 Å². The third-order valence-corrected chi connectivity index (χ3v) is 7.75. The minimum absolute atomic E-state index is 0.0253. The molecule has 1 aromatic heterocycles. The number of hydrogen-bond acceptors (Lipinski definition) is 7. The molecule has 1 fully saturated rings. The van der Waals surface area contributed by atoms with E-state index in [1.807, 2.05) is 24.3 Å². The van der Waals surface area contributed by atoms with Crippen LogP contribution in [0.2, 0.25) is 0 Å². The van der Waals surface area contributed by atoms with Gasteiger partial charge in [-0.25, -0.2) is 9.97 Å². The zero-order chi connectivity index (χ0) is 23.7. The largest absolute Gasteiger partial charge is 0.387 e. The van der Waals surface area contributed by atoms with Gasteiger partial charge in [0.25, 0.3) is 0 Å². The monoisotopic (exact) mass is 515 g/mol. The second-order valence-electron chi connectivity index (χ2n) is 9.56. The Morgan fingerprint density at radius 3 is 2.42 bits per heavy atom. The smallest absolute Gasteiger partial charge is 0.135 e. The normalized spacial score (nSPS) is 23.1. The van der Waals surface area contributed by atoms with Crippen molar-refractivity contribution in [2.75, 3.05) is 38.1 Å². The molecule has 178 valence electrons. The minimum atomic E-state index is -0.499. The molecule has 0 radical (unpaired) electrons. The van der Waals surface area contributed by atoms with Crippen molar-refractivity contribution in [3.8, 4) is 0 Å². The Bertz CT molecular complexity index is 962. The predicted octanol–water partition coefficient (Wildman–Crippen LogP) is 3.55. The van der Waals surface area contributed by atoms with Gasteiger partial charge in [-0.2, -0.15) is 0 Å². The fourth-order valence-corrected chi connectivity index (χ4v) is 5.47. The number of fused-ring (bicyclic) bond motifs is 1. The number of rotatable bonds is 7. The SMILES string of the molecule is CC(C)N(C)C(C(C=O)c1ccc(Br)cc1)N1CCN(c2ncnc3c2[C@H](C)C[C@H]3O)CC1. The lowest BCUT2D eigenvalue weighted by Gasteiger charge is -2.46. The Labute approximate surface area is 204 Å². The number of piperazine rings is 1. The molecule has 2 aliphatic rings. The molecule has 2 unspecified atom stereocenters. The minimum Gasteiger partial charge on any atom is -0.387 e. The number of aliphatic hydroxyl groups is 1. The molecule has 0 amide bonds. The summed E-state index contributed by atoms with van der Waals surface area (Å²) in [4.78, 5) is 28.4. The quantitative estimate of drug-likeness (QED) is 0.565. The highest BCUT2D eigenvalue weighted by atomic mass is 79.9. The van der Waals surface area contributed by atoms with Crippen molar-refractivity contribution < 1.29 is 9.90 Å². The number of hydrogen-bond donors (Lipinski definition) is 1. The maximum atomic E-state index is 12.4. The molecule has 33 heavy (non-hydrogen) atoms. The Hall–Kier alpha value is -1.87. The van der Waals surface area contributed by atoms with Crippen LogP contribution in [0.3, 0.4) is 0 Å². The number of nitrogens with zero attached hydrogens (tertiary/aromatic N) is 5. The summed E-state index contributed by atoms with van der Waals surface area (Å²) in [5.41, 5.74) is 2.91. The van der Waals surface area contributed by atoms with Gasteiger partial charge < -0.3 is 14.8 Å². The first-order chi connectivity index (χ1) is 15.8. The van der Waals surface area contributed by atoms with Crippen LogP contribution >= 0.6 is 15.9 Å². The first-order valence-corrected chi connectivity index (χ1v) is 12.6. The summed E-state index contributed by atoms with van der Waals surface area (Å²) in [5.74, 6) is 0.966. The van der Waals surface area contributed by atoms with Crippen molar-refractivity contribution >= 4 is 28.0 Å². The predicted molar refractivity (Wildman–Crippen MR) is 133 cm³/mol. The van der Waals surface area contributed by atoms with E-state index in [1.165, 1.54) is 0 Å². The van der Waals surface area contributed by atoms with Crippen molar-refractivity contribution in [1.29, 1.82) is 0 Å². The van der Waals surface area contributed by atoms with Crippen LogP contribution in [0.5, 0.6) is 0 Å². The Morgan fingerprint density at radius 2 is 1.82 bits per heavy atom. The molecule has 7 nitrogen and oxygen atoms in total. The van der Waals surface area contributed by atoms with Crippen LogP contribution in [0.4, 0.5) is 5.82 Å². The summed E-state index contributed by atoms with van der Waals surface area (Å²) in [6.07, 6.45) is 2.85. The molecule has 4 rings (SSSR count). The van der Waals surface area contributed by atoms with Gasteiger partial charge in [0, 0.05) is 42.3 Å². The average Bonchev–Trinajstić information content (AvgIpc) is 3.11. The van der Waals surface area contributed by atoms with E-state index in [-0.39, 0.29) is 18.0 Å². The number of halogens is 1. The fourth-order valence-electron chi connectivity index (χ4n) is 5.20. The van der Waals surface area contributed by atoms with Crippen molar-refractivity contribution in [1.82, 2.24) is 19.8 Å². The number of benzene rings is 1. The van der Waals surface area contributed by atoms with Gasteiger partial charge in [0.2, 0.25) is 0 Å². The molecule has 8 heteroatoms. The van der Waals surface area contributed by atoms with Gasteiger partial charge in [-0.05, 0) is 50.9 Å². The fraction of sp³-hybridized carbons (Fsp3) is 0.560. The van der Waals surface area contributed by atoms with Crippen molar-refractivity contribution in [2.45, 2.75) is 57.3 Å². The molecule has 2 heterocycles.